The highest BCUT2D eigenvalue weighted by Gasteiger charge is 2.15. The lowest BCUT2D eigenvalue weighted by Crippen LogP contribution is -2.25. The predicted molar refractivity (Wildman–Crippen MR) is 118 cm³/mol. The Balaban J connectivity index is 1.46. The SMILES string of the molecule is Cc1ccc(NC(=O)CSC(C)C(=O)Nc2ccc(-c3nccs3)cc2)cc1. The van der Waals surface area contributed by atoms with Crippen LogP contribution in [0.15, 0.2) is 60.1 Å². The summed E-state index contributed by atoms with van der Waals surface area (Å²) >= 11 is 2.87. The molecule has 0 radical (unpaired) electrons. The van der Waals surface area contributed by atoms with Crippen LogP contribution in [0, 0.1) is 6.92 Å². The lowest BCUT2D eigenvalue weighted by molar-refractivity contribution is -0.115. The quantitative estimate of drug-likeness (QED) is 0.585. The monoisotopic (exact) mass is 411 g/mol. The van der Waals surface area contributed by atoms with Crippen molar-refractivity contribution in [3.05, 3.63) is 65.7 Å². The van der Waals surface area contributed by atoms with Gasteiger partial charge in [-0.1, -0.05) is 17.7 Å². The second-order valence-electron chi connectivity index (χ2n) is 6.27. The number of hydrogen-bond acceptors (Lipinski definition) is 5. The minimum absolute atomic E-state index is 0.124. The number of aromatic nitrogens is 1. The largest absolute Gasteiger partial charge is 0.325 e. The molecule has 3 aromatic rings. The van der Waals surface area contributed by atoms with Crippen LogP contribution in [-0.2, 0) is 9.59 Å². The summed E-state index contributed by atoms with van der Waals surface area (Å²) in [6.45, 7) is 3.79. The number of hydrogen-bond donors (Lipinski definition) is 2. The van der Waals surface area contributed by atoms with Crippen molar-refractivity contribution in [2.24, 2.45) is 0 Å². The normalized spacial score (nSPS) is 11.6. The molecule has 5 nitrogen and oxygen atoms in total. The van der Waals surface area contributed by atoms with Crippen LogP contribution in [0.3, 0.4) is 0 Å². The van der Waals surface area contributed by atoms with Crippen molar-refractivity contribution < 1.29 is 9.59 Å². The van der Waals surface area contributed by atoms with Gasteiger partial charge >= 0.3 is 0 Å². The van der Waals surface area contributed by atoms with Gasteiger partial charge in [-0.25, -0.2) is 4.98 Å². The van der Waals surface area contributed by atoms with Crippen LogP contribution in [0.4, 0.5) is 11.4 Å². The summed E-state index contributed by atoms with van der Waals surface area (Å²) in [6.07, 6.45) is 1.77. The number of thiazole rings is 1. The molecule has 2 aromatic carbocycles. The van der Waals surface area contributed by atoms with Crippen LogP contribution < -0.4 is 10.6 Å². The number of carbonyl (C=O) groups excluding carboxylic acids is 2. The van der Waals surface area contributed by atoms with Crippen LogP contribution >= 0.6 is 23.1 Å². The lowest BCUT2D eigenvalue weighted by Gasteiger charge is -2.12. The van der Waals surface area contributed by atoms with Crippen molar-refractivity contribution in [2.45, 2.75) is 19.1 Å². The van der Waals surface area contributed by atoms with E-state index in [0.717, 1.165) is 27.5 Å². The summed E-state index contributed by atoms with van der Waals surface area (Å²) in [5, 5.41) is 8.25. The summed E-state index contributed by atoms with van der Waals surface area (Å²) in [6, 6.07) is 15.2. The Morgan fingerprint density at radius 2 is 1.68 bits per heavy atom. The minimum Gasteiger partial charge on any atom is -0.325 e. The molecular weight excluding hydrogens is 390 g/mol. The number of benzene rings is 2. The summed E-state index contributed by atoms with van der Waals surface area (Å²) in [5.74, 6) is -0.0396. The summed E-state index contributed by atoms with van der Waals surface area (Å²) in [7, 11) is 0. The minimum atomic E-state index is -0.345. The molecule has 1 heterocycles. The first-order valence-electron chi connectivity index (χ1n) is 8.80. The second kappa shape index (κ2) is 9.52. The molecule has 3 rings (SSSR count). The van der Waals surface area contributed by atoms with E-state index in [1.54, 1.807) is 24.5 Å². The average Bonchev–Trinajstić information content (AvgIpc) is 3.23. The van der Waals surface area contributed by atoms with Crippen LogP contribution in [0.1, 0.15) is 12.5 Å². The van der Waals surface area contributed by atoms with E-state index in [9.17, 15) is 9.59 Å². The Hall–Kier alpha value is -2.64. The summed E-state index contributed by atoms with van der Waals surface area (Å²) < 4.78 is 0. The van der Waals surface area contributed by atoms with E-state index in [2.05, 4.69) is 15.6 Å². The first-order valence-corrected chi connectivity index (χ1v) is 10.7. The fourth-order valence-electron chi connectivity index (χ4n) is 2.42. The molecule has 0 aliphatic rings. The van der Waals surface area contributed by atoms with Crippen LogP contribution in [-0.4, -0.2) is 27.8 Å². The third-order valence-electron chi connectivity index (χ3n) is 4.00. The Kier molecular flexibility index (Phi) is 6.84. The maximum absolute atomic E-state index is 12.4. The van der Waals surface area contributed by atoms with Crippen LogP contribution in [0.5, 0.6) is 0 Å². The van der Waals surface area contributed by atoms with Crippen LogP contribution in [0.2, 0.25) is 0 Å². The Morgan fingerprint density at radius 3 is 2.32 bits per heavy atom. The molecule has 0 aliphatic heterocycles. The Bertz CT molecular complexity index is 923. The molecule has 1 aromatic heterocycles. The number of carbonyl (C=O) groups is 2. The molecule has 0 saturated heterocycles. The average molecular weight is 412 g/mol. The van der Waals surface area contributed by atoms with Gasteiger partial charge in [-0.15, -0.1) is 23.1 Å². The number of nitrogens with one attached hydrogen (secondary N) is 2. The molecular formula is C21H21N3O2S2. The predicted octanol–water partition coefficient (Wildman–Crippen LogP) is 4.82. The first-order chi connectivity index (χ1) is 13.5. The van der Waals surface area contributed by atoms with Gasteiger partial charge in [-0.05, 0) is 50.2 Å². The van der Waals surface area contributed by atoms with Crippen molar-refractivity contribution in [2.75, 3.05) is 16.4 Å². The Labute approximate surface area is 172 Å². The smallest absolute Gasteiger partial charge is 0.237 e. The van der Waals surface area contributed by atoms with Gasteiger partial charge in [0, 0.05) is 28.5 Å². The zero-order chi connectivity index (χ0) is 19.9. The third-order valence-corrected chi connectivity index (χ3v) is 5.97. The van der Waals surface area contributed by atoms with Gasteiger partial charge in [0.25, 0.3) is 0 Å². The number of thioether (sulfide) groups is 1. The summed E-state index contributed by atoms with van der Waals surface area (Å²) in [5.41, 5.74) is 3.64. The molecule has 7 heteroatoms. The van der Waals surface area contributed by atoms with E-state index in [0.29, 0.717) is 0 Å². The summed E-state index contributed by atoms with van der Waals surface area (Å²) in [4.78, 5) is 28.7. The van der Waals surface area contributed by atoms with Gasteiger partial charge < -0.3 is 10.6 Å². The molecule has 2 amide bonds. The molecule has 1 unspecified atom stereocenters. The van der Waals surface area contributed by atoms with Gasteiger partial charge in [0.2, 0.25) is 11.8 Å². The molecule has 2 N–H and O–H groups in total. The second-order valence-corrected chi connectivity index (χ2v) is 8.49. The molecule has 0 bridgehead atoms. The molecule has 0 fully saturated rings. The number of aryl methyl sites for hydroxylation is 1. The standard InChI is InChI=1S/C21H21N3O2S2/c1-14-3-7-17(8-4-14)23-19(25)13-28-15(2)20(26)24-18-9-5-16(6-10-18)21-22-11-12-27-21/h3-12,15H,13H2,1-2H3,(H,23,25)(H,24,26). The van der Waals surface area contributed by atoms with Gasteiger partial charge in [0.15, 0.2) is 0 Å². The van der Waals surface area contributed by atoms with Gasteiger partial charge in [0.1, 0.15) is 5.01 Å². The topological polar surface area (TPSA) is 71.1 Å². The van der Waals surface area contributed by atoms with Crippen molar-refractivity contribution in [3.8, 4) is 10.6 Å². The number of rotatable bonds is 7. The molecule has 0 saturated carbocycles. The van der Waals surface area contributed by atoms with Gasteiger partial charge in [-0.3, -0.25) is 9.59 Å². The maximum Gasteiger partial charge on any atom is 0.237 e. The molecule has 0 aliphatic carbocycles. The highest BCUT2D eigenvalue weighted by Crippen LogP contribution is 2.23. The van der Waals surface area contributed by atoms with E-state index in [4.69, 9.17) is 0 Å². The van der Waals surface area contributed by atoms with E-state index >= 15 is 0 Å². The lowest BCUT2D eigenvalue weighted by atomic mass is 10.2. The number of amides is 2. The zero-order valence-electron chi connectivity index (χ0n) is 15.6. The van der Waals surface area contributed by atoms with E-state index in [-0.39, 0.29) is 22.8 Å². The molecule has 1 atom stereocenters. The van der Waals surface area contributed by atoms with Crippen molar-refractivity contribution in [1.29, 1.82) is 0 Å². The van der Waals surface area contributed by atoms with Crippen molar-refractivity contribution >= 4 is 46.3 Å². The first kappa shape index (κ1) is 20.1. The fourth-order valence-corrected chi connectivity index (χ4v) is 3.74. The van der Waals surface area contributed by atoms with Gasteiger partial charge in [0.05, 0.1) is 11.0 Å². The van der Waals surface area contributed by atoms with E-state index in [1.165, 1.54) is 11.8 Å². The highest BCUT2D eigenvalue weighted by molar-refractivity contribution is 8.01. The maximum atomic E-state index is 12.4. The van der Waals surface area contributed by atoms with Crippen molar-refractivity contribution in [3.63, 3.8) is 0 Å². The molecule has 28 heavy (non-hydrogen) atoms. The fraction of sp³-hybridized carbons (Fsp3) is 0.190. The molecule has 144 valence electrons. The Morgan fingerprint density at radius 1 is 1.04 bits per heavy atom. The van der Waals surface area contributed by atoms with Gasteiger partial charge in [-0.2, -0.15) is 0 Å². The molecule has 0 spiro atoms. The van der Waals surface area contributed by atoms with E-state index in [1.807, 2.05) is 60.8 Å². The number of anilines is 2. The number of nitrogens with zero attached hydrogens (tertiary/aromatic N) is 1. The highest BCUT2D eigenvalue weighted by atomic mass is 32.2. The van der Waals surface area contributed by atoms with Crippen LogP contribution in [0.25, 0.3) is 10.6 Å². The zero-order valence-corrected chi connectivity index (χ0v) is 17.3. The third kappa shape index (κ3) is 5.68. The van der Waals surface area contributed by atoms with E-state index < -0.39 is 0 Å². The van der Waals surface area contributed by atoms with Crippen molar-refractivity contribution in [1.82, 2.24) is 4.98 Å².